The second kappa shape index (κ2) is 8.49. The molecule has 0 aliphatic heterocycles. The Kier molecular flexibility index (Phi) is 6.19. The van der Waals surface area contributed by atoms with E-state index in [0.29, 0.717) is 0 Å². The van der Waals surface area contributed by atoms with Crippen molar-refractivity contribution in [2.75, 3.05) is 4.72 Å². The third-order valence-corrected chi connectivity index (χ3v) is 7.42. The lowest BCUT2D eigenvalue weighted by Crippen LogP contribution is -2.15. The third-order valence-electron chi connectivity index (χ3n) is 4.23. The first kappa shape index (κ1) is 21.9. The molecule has 3 aromatic rings. The number of aryl methyl sites for hydroxylation is 1. The average Bonchev–Trinajstić information content (AvgIpc) is 2.69. The summed E-state index contributed by atoms with van der Waals surface area (Å²) in [4.78, 5) is 0.0757. The van der Waals surface area contributed by atoms with E-state index in [9.17, 15) is 16.8 Å². The fraction of sp³-hybridized carbons (Fsp3) is 0.182. The van der Waals surface area contributed by atoms with Gasteiger partial charge in [0, 0.05) is 0 Å². The van der Waals surface area contributed by atoms with E-state index in [2.05, 4.69) is 4.72 Å². The summed E-state index contributed by atoms with van der Waals surface area (Å²) < 4.78 is 60.0. The molecule has 0 aliphatic rings. The van der Waals surface area contributed by atoms with Crippen LogP contribution in [0.15, 0.2) is 87.5 Å². The summed E-state index contributed by atoms with van der Waals surface area (Å²) in [6.45, 7) is 5.43. The monoisotopic (exact) mass is 445 g/mol. The Labute approximate surface area is 177 Å². The Morgan fingerprint density at radius 3 is 2.03 bits per heavy atom. The quantitative estimate of drug-likeness (QED) is 0.582. The van der Waals surface area contributed by atoms with Gasteiger partial charge in [0.2, 0.25) is 9.84 Å². The van der Waals surface area contributed by atoms with E-state index in [1.807, 2.05) is 6.92 Å². The molecule has 0 bridgehead atoms. The Morgan fingerprint density at radius 2 is 1.43 bits per heavy atom. The molecule has 8 heteroatoms. The minimum Gasteiger partial charge on any atom is -0.490 e. The van der Waals surface area contributed by atoms with Crippen molar-refractivity contribution in [1.29, 1.82) is 0 Å². The number of ether oxygens (including phenoxy) is 1. The molecule has 0 fully saturated rings. The zero-order valence-electron chi connectivity index (χ0n) is 16.9. The summed E-state index contributed by atoms with van der Waals surface area (Å²) in [7, 11) is -7.80. The van der Waals surface area contributed by atoms with Crippen molar-refractivity contribution < 1.29 is 21.6 Å². The summed E-state index contributed by atoms with van der Waals surface area (Å²) in [6, 6.07) is 18.5. The smallest absolute Gasteiger partial charge is 0.261 e. The van der Waals surface area contributed by atoms with Gasteiger partial charge in [0.05, 0.1) is 21.6 Å². The third kappa shape index (κ3) is 4.83. The molecule has 0 aromatic heterocycles. The van der Waals surface area contributed by atoms with Crippen LogP contribution in [-0.2, 0) is 19.9 Å². The van der Waals surface area contributed by atoms with E-state index in [0.717, 1.165) is 5.56 Å². The Balaban J connectivity index is 2.06. The van der Waals surface area contributed by atoms with E-state index in [1.165, 1.54) is 42.5 Å². The number of sulfonamides is 1. The van der Waals surface area contributed by atoms with E-state index in [-0.39, 0.29) is 32.2 Å². The summed E-state index contributed by atoms with van der Waals surface area (Å²) in [5.74, 6) is 0.159. The summed E-state index contributed by atoms with van der Waals surface area (Å²) in [5.41, 5.74) is 1.06. The zero-order valence-corrected chi connectivity index (χ0v) is 18.5. The molecule has 0 amide bonds. The Morgan fingerprint density at radius 1 is 0.800 bits per heavy atom. The van der Waals surface area contributed by atoms with Crippen LogP contribution in [0.5, 0.6) is 5.75 Å². The van der Waals surface area contributed by atoms with Crippen molar-refractivity contribution in [3.05, 3.63) is 78.4 Å². The van der Waals surface area contributed by atoms with Crippen LogP contribution >= 0.6 is 0 Å². The maximum absolute atomic E-state index is 13.2. The van der Waals surface area contributed by atoms with Crippen molar-refractivity contribution in [1.82, 2.24) is 0 Å². The zero-order chi connectivity index (χ0) is 21.9. The van der Waals surface area contributed by atoms with Gasteiger partial charge in [-0.1, -0.05) is 35.9 Å². The highest BCUT2D eigenvalue weighted by molar-refractivity contribution is 7.92. The predicted octanol–water partition coefficient (Wildman–Crippen LogP) is 4.42. The van der Waals surface area contributed by atoms with Gasteiger partial charge in [-0.05, 0) is 63.2 Å². The van der Waals surface area contributed by atoms with Crippen LogP contribution < -0.4 is 9.46 Å². The molecule has 1 N–H and O–H groups in total. The predicted molar refractivity (Wildman–Crippen MR) is 116 cm³/mol. The number of hydrogen-bond acceptors (Lipinski definition) is 5. The second-order valence-electron chi connectivity index (χ2n) is 7.06. The van der Waals surface area contributed by atoms with Gasteiger partial charge < -0.3 is 4.74 Å². The topological polar surface area (TPSA) is 89.5 Å². The molecule has 158 valence electrons. The van der Waals surface area contributed by atoms with Gasteiger partial charge in [-0.2, -0.15) is 0 Å². The average molecular weight is 446 g/mol. The van der Waals surface area contributed by atoms with Gasteiger partial charge in [-0.15, -0.1) is 0 Å². The highest BCUT2D eigenvalue weighted by atomic mass is 32.2. The van der Waals surface area contributed by atoms with Crippen molar-refractivity contribution in [3.8, 4) is 5.75 Å². The van der Waals surface area contributed by atoms with Gasteiger partial charge >= 0.3 is 0 Å². The summed E-state index contributed by atoms with van der Waals surface area (Å²) >= 11 is 0. The van der Waals surface area contributed by atoms with Crippen molar-refractivity contribution in [2.24, 2.45) is 0 Å². The van der Waals surface area contributed by atoms with Crippen LogP contribution in [0, 0.1) is 6.92 Å². The lowest BCUT2D eigenvalue weighted by molar-refractivity contribution is 0.236. The van der Waals surface area contributed by atoms with Crippen LogP contribution in [0.4, 0.5) is 5.69 Å². The second-order valence-corrected chi connectivity index (χ2v) is 10.7. The molecular formula is C22H23NO5S2. The molecule has 30 heavy (non-hydrogen) atoms. The molecule has 0 spiro atoms. The summed E-state index contributed by atoms with van der Waals surface area (Å²) in [6.07, 6.45) is -0.259. The largest absolute Gasteiger partial charge is 0.490 e. The lowest BCUT2D eigenvalue weighted by atomic mass is 10.2. The van der Waals surface area contributed by atoms with Crippen LogP contribution in [0.2, 0.25) is 0 Å². The molecule has 6 nitrogen and oxygen atoms in total. The fourth-order valence-electron chi connectivity index (χ4n) is 2.79. The van der Waals surface area contributed by atoms with Crippen molar-refractivity contribution in [2.45, 2.75) is 41.6 Å². The molecule has 3 aromatic carbocycles. The molecule has 0 unspecified atom stereocenters. The minimum atomic E-state index is -3.92. The maximum atomic E-state index is 13.2. The first-order valence-electron chi connectivity index (χ1n) is 9.30. The molecule has 0 aliphatic carbocycles. The highest BCUT2D eigenvalue weighted by Gasteiger charge is 2.24. The van der Waals surface area contributed by atoms with Crippen LogP contribution in [0.25, 0.3) is 0 Å². The van der Waals surface area contributed by atoms with E-state index in [1.54, 1.807) is 44.2 Å². The van der Waals surface area contributed by atoms with E-state index in [4.69, 9.17) is 4.74 Å². The molecule has 0 saturated carbocycles. The Hall–Kier alpha value is -2.84. The number of hydrogen-bond donors (Lipinski definition) is 1. The number of sulfone groups is 1. The first-order chi connectivity index (χ1) is 14.1. The van der Waals surface area contributed by atoms with Gasteiger partial charge in [-0.3, -0.25) is 4.72 Å². The van der Waals surface area contributed by atoms with Gasteiger partial charge in [0.1, 0.15) is 10.6 Å². The maximum Gasteiger partial charge on any atom is 0.261 e. The van der Waals surface area contributed by atoms with E-state index < -0.39 is 19.9 Å². The van der Waals surface area contributed by atoms with Crippen LogP contribution in [-0.4, -0.2) is 22.9 Å². The minimum absolute atomic E-state index is 0.0862. The molecule has 0 saturated heterocycles. The number of nitrogens with one attached hydrogen (secondary N) is 1. The lowest BCUT2D eigenvalue weighted by Gasteiger charge is -2.16. The van der Waals surface area contributed by atoms with E-state index >= 15 is 0 Å². The van der Waals surface area contributed by atoms with Gasteiger partial charge in [0.25, 0.3) is 10.0 Å². The number of rotatable bonds is 7. The molecular weight excluding hydrogens is 422 g/mol. The van der Waals surface area contributed by atoms with Gasteiger partial charge in [0.15, 0.2) is 0 Å². The van der Waals surface area contributed by atoms with Crippen LogP contribution in [0.1, 0.15) is 19.4 Å². The van der Waals surface area contributed by atoms with Crippen molar-refractivity contribution >= 4 is 25.5 Å². The fourth-order valence-corrected chi connectivity index (χ4v) is 5.27. The van der Waals surface area contributed by atoms with Gasteiger partial charge in [-0.25, -0.2) is 16.8 Å². The number of anilines is 1. The molecule has 0 atom stereocenters. The SMILES string of the molecule is Cc1ccc(S(=O)(=O)Nc2ccc(OC(C)C)c(S(=O)(=O)c3ccccc3)c2)cc1. The number of benzene rings is 3. The standard InChI is InChI=1S/C22H23NO5S2/c1-16(2)28-21-14-11-18(23-30(26,27)20-12-9-17(3)10-13-20)15-22(21)29(24,25)19-7-5-4-6-8-19/h4-16,23H,1-3H3. The molecule has 0 radical (unpaired) electrons. The normalized spacial score (nSPS) is 12.0. The first-order valence-corrected chi connectivity index (χ1v) is 12.3. The molecule has 0 heterocycles. The molecule has 3 rings (SSSR count). The summed E-state index contributed by atoms with van der Waals surface area (Å²) in [5, 5.41) is 0. The van der Waals surface area contributed by atoms with Crippen molar-refractivity contribution in [3.63, 3.8) is 0 Å². The highest BCUT2D eigenvalue weighted by Crippen LogP contribution is 2.33. The Bertz CT molecular complexity index is 1230. The van der Waals surface area contributed by atoms with Crippen LogP contribution in [0.3, 0.4) is 0 Å².